The number of nitrogens with one attached hydrogen (secondary N) is 1. The van der Waals surface area contributed by atoms with Crippen molar-refractivity contribution in [2.24, 2.45) is 0 Å². The minimum absolute atomic E-state index is 0.241. The summed E-state index contributed by atoms with van der Waals surface area (Å²) in [7, 11) is 0. The van der Waals surface area contributed by atoms with Gasteiger partial charge in [0.25, 0.3) is 0 Å². The molecule has 0 bridgehead atoms. The smallest absolute Gasteiger partial charge is 0.124 e. The summed E-state index contributed by atoms with van der Waals surface area (Å²) in [6.07, 6.45) is 4.49. The molecule has 4 heteroatoms. The Morgan fingerprint density at radius 3 is 2.88 bits per heavy atom. The molecule has 1 aromatic carbocycles. The minimum atomic E-state index is -0.241. The largest absolute Gasteiger partial charge is 0.384 e. The number of nitrogens with zero attached hydrogens (tertiary/aromatic N) is 1. The molecule has 0 aliphatic rings. The van der Waals surface area contributed by atoms with Crippen LogP contribution in [0.3, 0.4) is 0 Å². The molecule has 0 atom stereocenters. The third-order valence-electron chi connectivity index (χ3n) is 2.38. The third-order valence-corrected chi connectivity index (χ3v) is 3.04. The molecule has 1 N–H and O–H groups in total. The Morgan fingerprint density at radius 1 is 1.29 bits per heavy atom. The van der Waals surface area contributed by atoms with Crippen molar-refractivity contribution in [2.45, 2.75) is 6.42 Å². The first-order chi connectivity index (χ1) is 8.25. The van der Waals surface area contributed by atoms with Crippen LogP contribution in [-0.2, 0) is 6.42 Å². The lowest BCUT2D eigenvalue weighted by Crippen LogP contribution is -2.05. The lowest BCUT2D eigenvalue weighted by atomic mass is 10.2. The van der Waals surface area contributed by atoms with E-state index >= 15 is 0 Å². The van der Waals surface area contributed by atoms with Gasteiger partial charge in [-0.15, -0.1) is 0 Å². The Balaban J connectivity index is 1.90. The van der Waals surface area contributed by atoms with Crippen molar-refractivity contribution in [3.05, 3.63) is 58.6 Å². The van der Waals surface area contributed by atoms with Gasteiger partial charge in [-0.2, -0.15) is 0 Å². The second kappa shape index (κ2) is 5.77. The summed E-state index contributed by atoms with van der Waals surface area (Å²) >= 11 is 3.32. The number of aromatic nitrogens is 1. The quantitative estimate of drug-likeness (QED) is 0.931. The van der Waals surface area contributed by atoms with E-state index in [-0.39, 0.29) is 5.82 Å². The predicted octanol–water partition coefficient (Wildman–Crippen LogP) is 3.64. The highest BCUT2D eigenvalue weighted by molar-refractivity contribution is 9.10. The molecule has 0 fully saturated rings. The maximum absolute atomic E-state index is 12.9. The lowest BCUT2D eigenvalue weighted by molar-refractivity contribution is 0.627. The summed E-state index contributed by atoms with van der Waals surface area (Å²) in [5.41, 5.74) is 2.08. The van der Waals surface area contributed by atoms with Gasteiger partial charge in [-0.05, 0) is 52.2 Å². The first-order valence-electron chi connectivity index (χ1n) is 5.33. The maximum Gasteiger partial charge on any atom is 0.124 e. The number of anilines is 1. The van der Waals surface area contributed by atoms with E-state index in [4.69, 9.17) is 0 Å². The van der Waals surface area contributed by atoms with Gasteiger partial charge < -0.3 is 5.32 Å². The highest BCUT2D eigenvalue weighted by Crippen LogP contribution is 2.22. The SMILES string of the molecule is Fc1ccc(NCCc2cccnc2)c(Br)c1. The van der Waals surface area contributed by atoms with Crippen LogP contribution < -0.4 is 5.32 Å². The Hall–Kier alpha value is -1.42. The van der Waals surface area contributed by atoms with E-state index in [9.17, 15) is 4.39 Å². The molecule has 0 aliphatic heterocycles. The summed E-state index contributed by atoms with van der Waals surface area (Å²) in [6, 6.07) is 8.57. The maximum atomic E-state index is 12.9. The van der Waals surface area contributed by atoms with Gasteiger partial charge in [-0.3, -0.25) is 4.98 Å². The standard InChI is InChI=1S/C13H12BrFN2/c14-12-8-11(15)3-4-13(12)17-7-5-10-2-1-6-16-9-10/h1-4,6,8-9,17H,5,7H2. The van der Waals surface area contributed by atoms with Crippen LogP contribution in [-0.4, -0.2) is 11.5 Å². The zero-order valence-electron chi connectivity index (χ0n) is 9.16. The average molecular weight is 295 g/mol. The van der Waals surface area contributed by atoms with E-state index < -0.39 is 0 Å². The molecule has 2 rings (SSSR count). The van der Waals surface area contributed by atoms with Crippen molar-refractivity contribution >= 4 is 21.6 Å². The average Bonchev–Trinajstić information content (AvgIpc) is 2.33. The molecule has 0 aliphatic carbocycles. The van der Waals surface area contributed by atoms with E-state index in [1.165, 1.54) is 17.7 Å². The van der Waals surface area contributed by atoms with Crippen LogP contribution in [0.1, 0.15) is 5.56 Å². The lowest BCUT2D eigenvalue weighted by Gasteiger charge is -2.08. The highest BCUT2D eigenvalue weighted by atomic mass is 79.9. The van der Waals surface area contributed by atoms with Crippen LogP contribution in [0, 0.1) is 5.82 Å². The molecule has 0 radical (unpaired) electrons. The van der Waals surface area contributed by atoms with Gasteiger partial charge >= 0.3 is 0 Å². The van der Waals surface area contributed by atoms with Crippen molar-refractivity contribution in [1.29, 1.82) is 0 Å². The fourth-order valence-electron chi connectivity index (χ4n) is 1.52. The molecule has 2 nitrogen and oxygen atoms in total. The zero-order valence-corrected chi connectivity index (χ0v) is 10.7. The Labute approximate surface area is 108 Å². The molecule has 1 heterocycles. The Morgan fingerprint density at radius 2 is 2.18 bits per heavy atom. The number of rotatable bonds is 4. The molecule has 17 heavy (non-hydrogen) atoms. The van der Waals surface area contributed by atoms with Crippen molar-refractivity contribution in [3.63, 3.8) is 0 Å². The van der Waals surface area contributed by atoms with Crippen LogP contribution >= 0.6 is 15.9 Å². The monoisotopic (exact) mass is 294 g/mol. The molecular weight excluding hydrogens is 283 g/mol. The Bertz CT molecular complexity index is 488. The second-order valence-electron chi connectivity index (χ2n) is 3.66. The summed E-state index contributed by atoms with van der Waals surface area (Å²) in [5.74, 6) is -0.241. The molecule has 2 aromatic rings. The Kier molecular flexibility index (Phi) is 4.09. The molecule has 0 saturated carbocycles. The minimum Gasteiger partial charge on any atom is -0.384 e. The normalized spacial score (nSPS) is 10.2. The summed E-state index contributed by atoms with van der Waals surface area (Å²) < 4.78 is 13.6. The van der Waals surface area contributed by atoms with Crippen molar-refractivity contribution in [3.8, 4) is 0 Å². The van der Waals surface area contributed by atoms with Crippen LogP contribution in [0.4, 0.5) is 10.1 Å². The molecule has 0 amide bonds. The molecule has 0 spiro atoms. The van der Waals surface area contributed by atoms with Crippen LogP contribution in [0.5, 0.6) is 0 Å². The van der Waals surface area contributed by atoms with Gasteiger partial charge in [-0.25, -0.2) is 4.39 Å². The molecule has 0 saturated heterocycles. The van der Waals surface area contributed by atoms with Gasteiger partial charge in [0, 0.05) is 29.1 Å². The van der Waals surface area contributed by atoms with Gasteiger partial charge in [-0.1, -0.05) is 6.07 Å². The predicted molar refractivity (Wildman–Crippen MR) is 70.5 cm³/mol. The first-order valence-corrected chi connectivity index (χ1v) is 6.13. The molecule has 88 valence electrons. The van der Waals surface area contributed by atoms with Crippen molar-refractivity contribution in [1.82, 2.24) is 4.98 Å². The van der Waals surface area contributed by atoms with Gasteiger partial charge in [0.1, 0.15) is 5.82 Å². The van der Waals surface area contributed by atoms with Crippen LogP contribution in [0.25, 0.3) is 0 Å². The molecule has 0 unspecified atom stereocenters. The molecule has 1 aromatic heterocycles. The third kappa shape index (κ3) is 3.53. The van der Waals surface area contributed by atoms with Crippen molar-refractivity contribution in [2.75, 3.05) is 11.9 Å². The fourth-order valence-corrected chi connectivity index (χ4v) is 2.01. The topological polar surface area (TPSA) is 24.9 Å². The highest BCUT2D eigenvalue weighted by Gasteiger charge is 2.00. The zero-order chi connectivity index (χ0) is 12.1. The summed E-state index contributed by atoms with van der Waals surface area (Å²) in [6.45, 7) is 0.788. The van der Waals surface area contributed by atoms with E-state index in [0.717, 1.165) is 23.1 Å². The van der Waals surface area contributed by atoms with E-state index in [1.54, 1.807) is 12.3 Å². The van der Waals surface area contributed by atoms with Gasteiger partial charge in [0.2, 0.25) is 0 Å². The molecular formula is C13H12BrFN2. The number of benzene rings is 1. The first kappa shape index (κ1) is 12.0. The number of hydrogen-bond donors (Lipinski definition) is 1. The van der Waals surface area contributed by atoms with E-state index in [1.807, 2.05) is 18.3 Å². The van der Waals surface area contributed by atoms with Crippen molar-refractivity contribution < 1.29 is 4.39 Å². The summed E-state index contributed by atoms with van der Waals surface area (Å²) in [5, 5.41) is 3.25. The number of pyridine rings is 1. The fraction of sp³-hybridized carbons (Fsp3) is 0.154. The van der Waals surface area contributed by atoms with E-state index in [2.05, 4.69) is 26.2 Å². The van der Waals surface area contributed by atoms with E-state index in [0.29, 0.717) is 0 Å². The number of hydrogen-bond acceptors (Lipinski definition) is 2. The van der Waals surface area contributed by atoms with Gasteiger partial charge in [0.05, 0.1) is 0 Å². The van der Waals surface area contributed by atoms with Crippen LogP contribution in [0.15, 0.2) is 47.2 Å². The van der Waals surface area contributed by atoms with Gasteiger partial charge in [0.15, 0.2) is 0 Å². The summed E-state index contributed by atoms with van der Waals surface area (Å²) in [4.78, 5) is 4.05. The number of halogens is 2. The van der Waals surface area contributed by atoms with Crippen LogP contribution in [0.2, 0.25) is 0 Å². The second-order valence-corrected chi connectivity index (χ2v) is 4.52.